The summed E-state index contributed by atoms with van der Waals surface area (Å²) < 4.78 is 11.9. The lowest BCUT2D eigenvalue weighted by Crippen LogP contribution is -2.30. The lowest BCUT2D eigenvalue weighted by atomic mass is 10.1. The Kier molecular flexibility index (Phi) is 4.17. The van der Waals surface area contributed by atoms with E-state index in [9.17, 15) is 4.79 Å². The van der Waals surface area contributed by atoms with E-state index in [1.807, 2.05) is 12.1 Å². The van der Waals surface area contributed by atoms with Gasteiger partial charge >= 0.3 is 0 Å². The summed E-state index contributed by atoms with van der Waals surface area (Å²) in [4.78, 5) is 13.8. The summed E-state index contributed by atoms with van der Waals surface area (Å²) in [5.74, 6) is 1.41. The van der Waals surface area contributed by atoms with Crippen LogP contribution < -0.4 is 15.2 Å². The van der Waals surface area contributed by atoms with Crippen LogP contribution in [0.25, 0.3) is 6.08 Å². The van der Waals surface area contributed by atoms with Crippen molar-refractivity contribution in [3.8, 4) is 11.5 Å². The van der Waals surface area contributed by atoms with Crippen LogP contribution in [0.2, 0.25) is 0 Å². The van der Waals surface area contributed by atoms with Crippen LogP contribution in [0, 0.1) is 0 Å². The van der Waals surface area contributed by atoms with E-state index < -0.39 is 0 Å². The molecule has 5 nitrogen and oxygen atoms in total. The summed E-state index contributed by atoms with van der Waals surface area (Å²) >= 11 is 3.46. The normalized spacial score (nSPS) is 21.0. The van der Waals surface area contributed by atoms with Gasteiger partial charge in [0.2, 0.25) is 5.91 Å². The first kappa shape index (κ1) is 14.4. The molecule has 0 aromatic heterocycles. The molecule has 2 heterocycles. The Balaban J connectivity index is 1.74. The van der Waals surface area contributed by atoms with Crippen LogP contribution in [0.3, 0.4) is 0 Å². The number of benzene rings is 1. The maximum Gasteiger partial charge on any atom is 0.246 e. The quantitative estimate of drug-likeness (QED) is 0.824. The maximum atomic E-state index is 12.1. The molecule has 2 N–H and O–H groups in total. The van der Waals surface area contributed by atoms with E-state index in [0.29, 0.717) is 25.5 Å². The third-order valence-electron chi connectivity index (χ3n) is 3.57. The van der Waals surface area contributed by atoms with Crippen molar-refractivity contribution in [2.24, 2.45) is 5.73 Å². The van der Waals surface area contributed by atoms with E-state index in [2.05, 4.69) is 15.9 Å². The van der Waals surface area contributed by atoms with Gasteiger partial charge in [-0.05, 0) is 46.1 Å². The number of hydrogen-bond donors (Lipinski definition) is 1. The van der Waals surface area contributed by atoms with Crippen LogP contribution in [0.15, 0.2) is 22.7 Å². The van der Waals surface area contributed by atoms with Crippen LogP contribution in [0.5, 0.6) is 11.5 Å². The van der Waals surface area contributed by atoms with Gasteiger partial charge in [-0.1, -0.05) is 0 Å². The van der Waals surface area contributed by atoms with Crippen molar-refractivity contribution in [2.75, 3.05) is 26.3 Å². The zero-order valence-electron chi connectivity index (χ0n) is 11.5. The van der Waals surface area contributed by atoms with Gasteiger partial charge in [-0.3, -0.25) is 4.79 Å². The number of carbonyl (C=O) groups is 1. The van der Waals surface area contributed by atoms with Gasteiger partial charge in [0.1, 0.15) is 13.2 Å². The SMILES string of the molecule is NC1CCN(C(=O)/C=C/c2cc(Br)c3c(c2)OCCO3)C1. The molecule has 1 aromatic carbocycles. The van der Waals surface area contributed by atoms with Gasteiger partial charge in [-0.15, -0.1) is 0 Å². The highest BCUT2D eigenvalue weighted by molar-refractivity contribution is 9.10. The molecule has 0 bridgehead atoms. The number of halogens is 1. The van der Waals surface area contributed by atoms with Crippen molar-refractivity contribution in [1.29, 1.82) is 0 Å². The Hall–Kier alpha value is -1.53. The number of ether oxygens (including phenoxy) is 2. The van der Waals surface area contributed by atoms with Gasteiger partial charge in [0, 0.05) is 25.2 Å². The minimum Gasteiger partial charge on any atom is -0.486 e. The fraction of sp³-hybridized carbons (Fsp3) is 0.400. The second-order valence-corrected chi connectivity index (χ2v) is 6.05. The van der Waals surface area contributed by atoms with Gasteiger partial charge in [-0.2, -0.15) is 0 Å². The van der Waals surface area contributed by atoms with E-state index >= 15 is 0 Å². The zero-order chi connectivity index (χ0) is 14.8. The molecular weight excluding hydrogens is 336 g/mol. The molecule has 2 aliphatic heterocycles. The number of fused-ring (bicyclic) bond motifs is 1. The number of nitrogens with two attached hydrogens (primary N) is 1. The van der Waals surface area contributed by atoms with Crippen LogP contribution in [-0.2, 0) is 4.79 Å². The minimum atomic E-state index is -0.00559. The molecule has 21 heavy (non-hydrogen) atoms. The van der Waals surface area contributed by atoms with Crippen LogP contribution in [-0.4, -0.2) is 43.2 Å². The fourth-order valence-electron chi connectivity index (χ4n) is 2.49. The maximum absolute atomic E-state index is 12.1. The van der Waals surface area contributed by atoms with Gasteiger partial charge in [-0.25, -0.2) is 0 Å². The van der Waals surface area contributed by atoms with Crippen LogP contribution >= 0.6 is 15.9 Å². The molecule has 1 saturated heterocycles. The Morgan fingerprint density at radius 3 is 2.95 bits per heavy atom. The van der Waals surface area contributed by atoms with Gasteiger partial charge < -0.3 is 20.1 Å². The average molecular weight is 353 g/mol. The Morgan fingerprint density at radius 2 is 2.19 bits per heavy atom. The monoisotopic (exact) mass is 352 g/mol. The molecule has 0 radical (unpaired) electrons. The second kappa shape index (κ2) is 6.07. The highest BCUT2D eigenvalue weighted by Crippen LogP contribution is 2.38. The highest BCUT2D eigenvalue weighted by Gasteiger charge is 2.22. The van der Waals surface area contributed by atoms with E-state index in [1.165, 1.54) is 0 Å². The molecule has 0 saturated carbocycles. The van der Waals surface area contributed by atoms with Crippen molar-refractivity contribution in [3.05, 3.63) is 28.2 Å². The van der Waals surface area contributed by atoms with Crippen LogP contribution in [0.1, 0.15) is 12.0 Å². The molecule has 1 fully saturated rings. The Labute approximate surface area is 131 Å². The van der Waals surface area contributed by atoms with Gasteiger partial charge in [0.15, 0.2) is 11.5 Å². The number of hydrogen-bond acceptors (Lipinski definition) is 4. The smallest absolute Gasteiger partial charge is 0.246 e. The molecule has 3 rings (SSSR count). The number of rotatable bonds is 2. The molecule has 6 heteroatoms. The predicted molar refractivity (Wildman–Crippen MR) is 83.3 cm³/mol. The van der Waals surface area contributed by atoms with Crippen molar-refractivity contribution >= 4 is 27.9 Å². The Bertz CT molecular complexity index is 589. The fourth-order valence-corrected chi connectivity index (χ4v) is 3.06. The molecule has 112 valence electrons. The molecule has 1 aromatic rings. The summed E-state index contributed by atoms with van der Waals surface area (Å²) in [6, 6.07) is 3.89. The number of likely N-dealkylation sites (tertiary alicyclic amines) is 1. The molecule has 1 atom stereocenters. The summed E-state index contributed by atoms with van der Waals surface area (Å²) in [6.45, 7) is 2.45. The Morgan fingerprint density at radius 1 is 1.38 bits per heavy atom. The summed E-state index contributed by atoms with van der Waals surface area (Å²) in [6.07, 6.45) is 4.24. The second-order valence-electron chi connectivity index (χ2n) is 5.19. The lowest BCUT2D eigenvalue weighted by molar-refractivity contribution is -0.124. The van der Waals surface area contributed by atoms with Gasteiger partial charge in [0.05, 0.1) is 4.47 Å². The van der Waals surface area contributed by atoms with Crippen molar-refractivity contribution in [2.45, 2.75) is 12.5 Å². The molecule has 2 aliphatic rings. The first-order chi connectivity index (χ1) is 10.1. The molecular formula is C15H17BrN2O3. The van der Waals surface area contributed by atoms with Gasteiger partial charge in [0.25, 0.3) is 0 Å². The molecule has 0 spiro atoms. The summed E-state index contributed by atoms with van der Waals surface area (Å²) in [7, 11) is 0. The molecule has 0 aliphatic carbocycles. The average Bonchev–Trinajstić information content (AvgIpc) is 2.91. The number of carbonyl (C=O) groups excluding carboxylic acids is 1. The standard InChI is InChI=1S/C15H17BrN2O3/c16-12-7-10(8-13-15(12)21-6-5-20-13)1-2-14(19)18-4-3-11(17)9-18/h1-2,7-8,11H,3-6,9,17H2/b2-1+. The lowest BCUT2D eigenvalue weighted by Gasteiger charge is -2.20. The first-order valence-corrected chi connectivity index (χ1v) is 7.74. The number of amides is 1. The first-order valence-electron chi connectivity index (χ1n) is 6.95. The molecule has 1 unspecified atom stereocenters. The van der Waals surface area contributed by atoms with E-state index in [4.69, 9.17) is 15.2 Å². The summed E-state index contributed by atoms with van der Waals surface area (Å²) in [5, 5.41) is 0. The van der Waals surface area contributed by atoms with E-state index in [0.717, 1.165) is 28.8 Å². The van der Waals surface area contributed by atoms with Crippen LogP contribution in [0.4, 0.5) is 0 Å². The number of nitrogens with zero attached hydrogens (tertiary/aromatic N) is 1. The van der Waals surface area contributed by atoms with E-state index in [-0.39, 0.29) is 11.9 Å². The van der Waals surface area contributed by atoms with Crippen molar-refractivity contribution in [1.82, 2.24) is 4.90 Å². The third kappa shape index (κ3) is 3.22. The third-order valence-corrected chi connectivity index (χ3v) is 4.16. The highest BCUT2D eigenvalue weighted by atomic mass is 79.9. The van der Waals surface area contributed by atoms with E-state index in [1.54, 1.807) is 17.1 Å². The zero-order valence-corrected chi connectivity index (χ0v) is 13.1. The molecule has 1 amide bonds. The largest absolute Gasteiger partial charge is 0.486 e. The van der Waals surface area contributed by atoms with Crippen molar-refractivity contribution < 1.29 is 14.3 Å². The predicted octanol–water partition coefficient (Wildman–Crippen LogP) is 1.79. The summed E-state index contributed by atoms with van der Waals surface area (Å²) in [5.41, 5.74) is 6.70. The topological polar surface area (TPSA) is 64.8 Å². The van der Waals surface area contributed by atoms with Crippen molar-refractivity contribution in [3.63, 3.8) is 0 Å². The minimum absolute atomic E-state index is 0.00559.